The van der Waals surface area contributed by atoms with Crippen molar-refractivity contribution in [1.82, 2.24) is 10.2 Å². The molecule has 6 nitrogen and oxygen atoms in total. The minimum Gasteiger partial charge on any atom is -0.495 e. The van der Waals surface area contributed by atoms with Gasteiger partial charge in [0, 0.05) is 32.7 Å². The minimum absolute atomic E-state index is 0.108. The number of carbonyl (C=O) groups excluding carboxylic acids is 1. The number of aliphatic hydroxyl groups is 1. The van der Waals surface area contributed by atoms with E-state index in [1.165, 1.54) is 0 Å². The summed E-state index contributed by atoms with van der Waals surface area (Å²) in [5.41, 5.74) is 1.08. The van der Waals surface area contributed by atoms with Crippen LogP contribution in [-0.4, -0.2) is 67.9 Å². The number of hydrogen-bond acceptors (Lipinski definition) is 5. The van der Waals surface area contributed by atoms with Crippen LogP contribution in [0.2, 0.25) is 0 Å². The molecular formula is C16H23N3O3. The fraction of sp³-hybridized carbons (Fsp3) is 0.562. The number of β-amino-alcohol motifs (C(OH)–C–C–N with tert-alkyl or cyclic N) is 1. The molecule has 2 N–H and O–H groups in total. The fourth-order valence-corrected chi connectivity index (χ4v) is 3.18. The lowest BCUT2D eigenvalue weighted by molar-refractivity contribution is -0.133. The van der Waals surface area contributed by atoms with Gasteiger partial charge in [0.1, 0.15) is 5.75 Å². The van der Waals surface area contributed by atoms with Crippen molar-refractivity contribution < 1.29 is 14.6 Å². The van der Waals surface area contributed by atoms with Gasteiger partial charge in [-0.25, -0.2) is 0 Å². The van der Waals surface area contributed by atoms with Crippen LogP contribution in [0.3, 0.4) is 0 Å². The number of nitrogens with one attached hydrogen (secondary N) is 1. The van der Waals surface area contributed by atoms with E-state index in [-0.39, 0.29) is 11.9 Å². The first-order valence-electron chi connectivity index (χ1n) is 7.77. The largest absolute Gasteiger partial charge is 0.495 e. The quantitative estimate of drug-likeness (QED) is 0.827. The molecule has 2 atom stereocenters. The summed E-state index contributed by atoms with van der Waals surface area (Å²) >= 11 is 0. The van der Waals surface area contributed by atoms with Gasteiger partial charge in [0.05, 0.1) is 24.9 Å². The molecule has 0 aliphatic carbocycles. The van der Waals surface area contributed by atoms with Crippen molar-refractivity contribution in [3.63, 3.8) is 0 Å². The summed E-state index contributed by atoms with van der Waals surface area (Å²) in [4.78, 5) is 16.6. The molecule has 3 rings (SSSR count). The number of ether oxygens (including phenoxy) is 1. The Morgan fingerprint density at radius 2 is 2.00 bits per heavy atom. The average molecular weight is 305 g/mol. The van der Waals surface area contributed by atoms with Gasteiger partial charge in [-0.1, -0.05) is 12.1 Å². The second-order valence-electron chi connectivity index (χ2n) is 5.83. The molecule has 0 saturated carbocycles. The first kappa shape index (κ1) is 15.1. The summed E-state index contributed by atoms with van der Waals surface area (Å²) in [7, 11) is 1.68. The number of carbonyl (C=O) groups is 1. The van der Waals surface area contributed by atoms with Gasteiger partial charge in [0.15, 0.2) is 0 Å². The number of para-hydroxylation sites is 2. The van der Waals surface area contributed by atoms with Crippen molar-refractivity contribution >= 4 is 11.6 Å². The Kier molecular flexibility index (Phi) is 4.49. The third-order valence-electron chi connectivity index (χ3n) is 4.42. The van der Waals surface area contributed by atoms with Crippen molar-refractivity contribution in [2.45, 2.75) is 18.6 Å². The topological polar surface area (TPSA) is 65.0 Å². The fourth-order valence-electron chi connectivity index (χ4n) is 3.18. The molecular weight excluding hydrogens is 282 g/mol. The van der Waals surface area contributed by atoms with Crippen LogP contribution in [0.25, 0.3) is 0 Å². The number of hydrogen-bond donors (Lipinski definition) is 2. The molecule has 120 valence electrons. The van der Waals surface area contributed by atoms with Gasteiger partial charge in [-0.15, -0.1) is 0 Å². The summed E-state index contributed by atoms with van der Waals surface area (Å²) in [6.45, 7) is 3.50. The molecule has 0 bridgehead atoms. The van der Waals surface area contributed by atoms with Crippen LogP contribution in [0.1, 0.15) is 6.42 Å². The SMILES string of the molecule is COc1ccccc1N1CCN(C(=O)C2CC(O)CN2)CC1. The highest BCUT2D eigenvalue weighted by atomic mass is 16.5. The maximum atomic E-state index is 12.4. The highest BCUT2D eigenvalue weighted by Gasteiger charge is 2.32. The third kappa shape index (κ3) is 3.03. The van der Waals surface area contributed by atoms with E-state index in [0.717, 1.165) is 24.5 Å². The zero-order valence-electron chi connectivity index (χ0n) is 12.9. The van der Waals surface area contributed by atoms with E-state index in [9.17, 15) is 9.90 Å². The lowest BCUT2D eigenvalue weighted by Crippen LogP contribution is -2.53. The molecule has 22 heavy (non-hydrogen) atoms. The summed E-state index contributed by atoms with van der Waals surface area (Å²) < 4.78 is 5.41. The molecule has 6 heteroatoms. The van der Waals surface area contributed by atoms with Crippen molar-refractivity contribution in [3.05, 3.63) is 24.3 Å². The van der Waals surface area contributed by atoms with Gasteiger partial charge in [-0.2, -0.15) is 0 Å². The van der Waals surface area contributed by atoms with Crippen LogP contribution in [0.5, 0.6) is 5.75 Å². The lowest BCUT2D eigenvalue weighted by Gasteiger charge is -2.37. The van der Waals surface area contributed by atoms with Gasteiger partial charge in [-0.05, 0) is 18.6 Å². The summed E-state index contributed by atoms with van der Waals surface area (Å²) in [5, 5.41) is 12.6. The van der Waals surface area contributed by atoms with Gasteiger partial charge in [0.25, 0.3) is 0 Å². The first-order chi connectivity index (χ1) is 10.7. The smallest absolute Gasteiger partial charge is 0.239 e. The van der Waals surface area contributed by atoms with E-state index in [2.05, 4.69) is 10.2 Å². The van der Waals surface area contributed by atoms with Crippen molar-refractivity contribution in [2.24, 2.45) is 0 Å². The zero-order chi connectivity index (χ0) is 15.5. The van der Waals surface area contributed by atoms with Crippen LogP contribution in [0.15, 0.2) is 24.3 Å². The van der Waals surface area contributed by atoms with Gasteiger partial charge in [-0.3, -0.25) is 4.79 Å². The molecule has 0 radical (unpaired) electrons. The predicted molar refractivity (Wildman–Crippen MR) is 84.2 cm³/mol. The van der Waals surface area contributed by atoms with E-state index in [4.69, 9.17) is 4.74 Å². The number of amides is 1. The first-order valence-corrected chi connectivity index (χ1v) is 7.77. The van der Waals surface area contributed by atoms with Gasteiger partial charge in [0.2, 0.25) is 5.91 Å². The summed E-state index contributed by atoms with van der Waals surface area (Å²) in [6, 6.07) is 7.73. The number of methoxy groups -OCH3 is 1. The van der Waals surface area contributed by atoms with Gasteiger partial charge >= 0.3 is 0 Å². The second kappa shape index (κ2) is 6.54. The van der Waals surface area contributed by atoms with Crippen molar-refractivity contribution in [2.75, 3.05) is 44.7 Å². The van der Waals surface area contributed by atoms with Crippen molar-refractivity contribution in [1.29, 1.82) is 0 Å². The van der Waals surface area contributed by atoms with Crippen LogP contribution >= 0.6 is 0 Å². The molecule has 1 amide bonds. The number of nitrogens with zero attached hydrogens (tertiary/aromatic N) is 2. The molecule has 2 fully saturated rings. The molecule has 2 aliphatic heterocycles. The number of benzene rings is 1. The van der Waals surface area contributed by atoms with E-state index >= 15 is 0 Å². The van der Waals surface area contributed by atoms with Crippen LogP contribution in [-0.2, 0) is 4.79 Å². The van der Waals surface area contributed by atoms with E-state index < -0.39 is 6.10 Å². The molecule has 2 heterocycles. The Balaban J connectivity index is 1.59. The average Bonchev–Trinajstić information content (AvgIpc) is 3.01. The highest BCUT2D eigenvalue weighted by Crippen LogP contribution is 2.28. The minimum atomic E-state index is -0.399. The number of anilines is 1. The third-order valence-corrected chi connectivity index (χ3v) is 4.42. The molecule has 1 aromatic carbocycles. The van der Waals surface area contributed by atoms with E-state index in [1.807, 2.05) is 29.2 Å². The molecule has 2 aliphatic rings. The monoisotopic (exact) mass is 305 g/mol. The zero-order valence-corrected chi connectivity index (χ0v) is 12.9. The van der Waals surface area contributed by atoms with Gasteiger partial charge < -0.3 is 25.0 Å². The molecule has 0 aromatic heterocycles. The Labute approximate surface area is 130 Å². The highest BCUT2D eigenvalue weighted by molar-refractivity contribution is 5.82. The number of rotatable bonds is 3. The van der Waals surface area contributed by atoms with Crippen LogP contribution < -0.4 is 15.0 Å². The van der Waals surface area contributed by atoms with Crippen LogP contribution in [0, 0.1) is 0 Å². The van der Waals surface area contributed by atoms with Crippen molar-refractivity contribution in [3.8, 4) is 5.75 Å². The number of aliphatic hydroxyl groups excluding tert-OH is 1. The maximum Gasteiger partial charge on any atom is 0.239 e. The predicted octanol–water partition coefficient (Wildman–Crippen LogP) is 0.0666. The molecule has 1 aromatic rings. The Bertz CT molecular complexity index is 529. The second-order valence-corrected chi connectivity index (χ2v) is 5.83. The normalized spacial score (nSPS) is 25.4. The van der Waals surface area contributed by atoms with E-state index in [0.29, 0.717) is 26.1 Å². The maximum absolute atomic E-state index is 12.4. The molecule has 0 spiro atoms. The molecule has 2 saturated heterocycles. The Morgan fingerprint density at radius 3 is 2.64 bits per heavy atom. The standard InChI is InChI=1S/C16H23N3O3/c1-22-15-5-3-2-4-14(15)18-6-8-19(9-7-18)16(21)13-10-12(20)11-17-13/h2-5,12-13,17,20H,6-11H2,1H3. The Morgan fingerprint density at radius 1 is 1.27 bits per heavy atom. The summed E-state index contributed by atoms with van der Waals surface area (Å²) in [5.74, 6) is 0.971. The number of piperazine rings is 1. The lowest BCUT2D eigenvalue weighted by atomic mass is 10.1. The molecule has 2 unspecified atom stereocenters. The van der Waals surface area contributed by atoms with Crippen LogP contribution in [0.4, 0.5) is 5.69 Å². The Hall–Kier alpha value is -1.79. The summed E-state index contributed by atoms with van der Waals surface area (Å²) in [6.07, 6.45) is 0.120. The van der Waals surface area contributed by atoms with E-state index in [1.54, 1.807) is 7.11 Å².